The van der Waals surface area contributed by atoms with Crippen molar-refractivity contribution in [3.63, 3.8) is 0 Å². The summed E-state index contributed by atoms with van der Waals surface area (Å²) in [6, 6.07) is 3.54. The number of H-pyrrole nitrogens is 1. The highest BCUT2D eigenvalue weighted by molar-refractivity contribution is 5.94. The number of aromatic amines is 1. The molecule has 0 unspecified atom stereocenters. The van der Waals surface area contributed by atoms with Crippen molar-refractivity contribution in [1.82, 2.24) is 29.8 Å². The largest absolute Gasteiger partial charge is 0.474 e. The SMILES string of the molecule is Cc1cc(C)c(CNC(=O)c2nc3ccnn3c(OC3CCN(C(=O)[C@@H](C)O)CC3)c2C)c(=O)[nH]1. The van der Waals surface area contributed by atoms with E-state index in [2.05, 4.69) is 20.4 Å². The number of rotatable bonds is 6. The summed E-state index contributed by atoms with van der Waals surface area (Å²) >= 11 is 0. The first-order valence-corrected chi connectivity index (χ1v) is 11.6. The Kier molecular flexibility index (Phi) is 6.88. The van der Waals surface area contributed by atoms with E-state index in [4.69, 9.17) is 4.74 Å². The van der Waals surface area contributed by atoms with Crippen molar-refractivity contribution in [2.75, 3.05) is 13.1 Å². The number of carbonyl (C=O) groups excluding carboxylic acids is 2. The zero-order chi connectivity index (χ0) is 25.3. The Morgan fingerprint density at radius 2 is 2.00 bits per heavy atom. The standard InChI is InChI=1S/C24H30N6O5/c1-13-11-14(2)27-21(32)18(13)12-25-22(33)20-15(3)24(30-19(28-20)5-8-26-30)35-17-6-9-29(10-7-17)23(34)16(4)31/h5,8,11,16-17,31H,6-7,9-10,12H2,1-4H3,(H,25,33)(H,27,32)/t16-/m1/s1. The topological polar surface area (TPSA) is 142 Å². The minimum absolute atomic E-state index is 0.0673. The highest BCUT2D eigenvalue weighted by atomic mass is 16.5. The molecule has 1 aliphatic heterocycles. The van der Waals surface area contributed by atoms with Gasteiger partial charge in [-0.25, -0.2) is 4.98 Å². The van der Waals surface area contributed by atoms with Crippen molar-refractivity contribution in [3.05, 3.63) is 56.8 Å². The number of aliphatic hydroxyl groups excluding tert-OH is 1. The molecule has 0 spiro atoms. The highest BCUT2D eigenvalue weighted by Crippen LogP contribution is 2.26. The molecule has 3 N–H and O–H groups in total. The van der Waals surface area contributed by atoms with Crippen LogP contribution in [0.15, 0.2) is 23.1 Å². The Morgan fingerprint density at radius 1 is 1.29 bits per heavy atom. The van der Waals surface area contributed by atoms with Crippen molar-refractivity contribution in [3.8, 4) is 5.88 Å². The lowest BCUT2D eigenvalue weighted by Crippen LogP contribution is -2.45. The monoisotopic (exact) mass is 482 g/mol. The van der Waals surface area contributed by atoms with Crippen LogP contribution in [0, 0.1) is 20.8 Å². The maximum absolute atomic E-state index is 13.1. The van der Waals surface area contributed by atoms with E-state index in [1.165, 1.54) is 6.92 Å². The van der Waals surface area contributed by atoms with Crippen molar-refractivity contribution in [2.45, 2.75) is 59.3 Å². The second kappa shape index (κ2) is 9.87. The third kappa shape index (κ3) is 5.04. The smallest absolute Gasteiger partial charge is 0.270 e. The molecule has 3 aromatic heterocycles. The van der Waals surface area contributed by atoms with Crippen LogP contribution in [0.4, 0.5) is 0 Å². The molecule has 11 heteroatoms. The lowest BCUT2D eigenvalue weighted by Gasteiger charge is -2.33. The molecule has 0 aromatic carbocycles. The van der Waals surface area contributed by atoms with Gasteiger partial charge in [-0.15, -0.1) is 0 Å². The highest BCUT2D eigenvalue weighted by Gasteiger charge is 2.28. The molecule has 0 bridgehead atoms. The molecule has 3 aromatic rings. The zero-order valence-electron chi connectivity index (χ0n) is 20.3. The van der Waals surface area contributed by atoms with E-state index in [0.29, 0.717) is 48.6 Å². The van der Waals surface area contributed by atoms with Gasteiger partial charge in [-0.2, -0.15) is 9.61 Å². The van der Waals surface area contributed by atoms with Gasteiger partial charge in [-0.05, 0) is 39.3 Å². The lowest BCUT2D eigenvalue weighted by atomic mass is 10.1. The first-order valence-electron chi connectivity index (χ1n) is 11.6. The van der Waals surface area contributed by atoms with E-state index >= 15 is 0 Å². The van der Waals surface area contributed by atoms with Gasteiger partial charge in [0, 0.05) is 55.4 Å². The molecular formula is C24H30N6O5. The van der Waals surface area contributed by atoms with Crippen LogP contribution in [0.1, 0.15) is 52.6 Å². The summed E-state index contributed by atoms with van der Waals surface area (Å²) < 4.78 is 7.83. The number of hydrogen-bond acceptors (Lipinski definition) is 7. The predicted molar refractivity (Wildman–Crippen MR) is 127 cm³/mol. The number of nitrogens with one attached hydrogen (secondary N) is 2. The van der Waals surface area contributed by atoms with Crippen LogP contribution in [0.3, 0.4) is 0 Å². The Balaban J connectivity index is 1.53. The second-order valence-corrected chi connectivity index (χ2v) is 8.94. The van der Waals surface area contributed by atoms with Crippen LogP contribution >= 0.6 is 0 Å². The first kappa shape index (κ1) is 24.4. The lowest BCUT2D eigenvalue weighted by molar-refractivity contribution is -0.141. The quantitative estimate of drug-likeness (QED) is 0.476. The fourth-order valence-corrected chi connectivity index (χ4v) is 4.33. The first-order chi connectivity index (χ1) is 16.7. The number of nitrogens with zero attached hydrogens (tertiary/aromatic N) is 4. The van der Waals surface area contributed by atoms with Gasteiger partial charge in [0.25, 0.3) is 17.4 Å². The fraction of sp³-hybridized carbons (Fsp3) is 0.458. The number of pyridine rings is 1. The third-order valence-corrected chi connectivity index (χ3v) is 6.24. The summed E-state index contributed by atoms with van der Waals surface area (Å²) in [7, 11) is 0. The molecule has 1 atom stereocenters. The summed E-state index contributed by atoms with van der Waals surface area (Å²) in [6.07, 6.45) is 1.53. The number of aliphatic hydroxyl groups is 1. The molecule has 11 nitrogen and oxygen atoms in total. The molecule has 0 radical (unpaired) electrons. The molecule has 4 heterocycles. The third-order valence-electron chi connectivity index (χ3n) is 6.24. The fourth-order valence-electron chi connectivity index (χ4n) is 4.33. The number of piperidine rings is 1. The Labute approximate surface area is 202 Å². The van der Waals surface area contributed by atoms with Crippen LogP contribution in [-0.4, -0.2) is 66.7 Å². The Bertz CT molecular complexity index is 1320. The molecule has 35 heavy (non-hydrogen) atoms. The number of fused-ring (bicyclic) bond motifs is 1. The van der Waals surface area contributed by atoms with Crippen LogP contribution < -0.4 is 15.6 Å². The molecule has 0 aliphatic carbocycles. The Morgan fingerprint density at radius 3 is 2.66 bits per heavy atom. The van der Waals surface area contributed by atoms with Crippen molar-refractivity contribution >= 4 is 17.5 Å². The van der Waals surface area contributed by atoms with Crippen LogP contribution in [-0.2, 0) is 11.3 Å². The van der Waals surface area contributed by atoms with Gasteiger partial charge in [0.1, 0.15) is 17.9 Å². The van der Waals surface area contributed by atoms with Gasteiger partial charge in [0.05, 0.1) is 6.20 Å². The Hall–Kier alpha value is -3.73. The average molecular weight is 483 g/mol. The van der Waals surface area contributed by atoms with Crippen molar-refractivity contribution < 1.29 is 19.4 Å². The van der Waals surface area contributed by atoms with Gasteiger partial charge < -0.3 is 25.0 Å². The zero-order valence-corrected chi connectivity index (χ0v) is 20.3. The van der Waals surface area contributed by atoms with Crippen LogP contribution in [0.25, 0.3) is 5.65 Å². The minimum atomic E-state index is -1.03. The van der Waals surface area contributed by atoms with Gasteiger partial charge in [0.2, 0.25) is 5.88 Å². The maximum Gasteiger partial charge on any atom is 0.270 e. The van der Waals surface area contributed by atoms with Crippen LogP contribution in [0.2, 0.25) is 0 Å². The van der Waals surface area contributed by atoms with Gasteiger partial charge in [-0.3, -0.25) is 14.4 Å². The van der Waals surface area contributed by atoms with Crippen molar-refractivity contribution in [2.24, 2.45) is 0 Å². The van der Waals surface area contributed by atoms with Gasteiger partial charge in [-0.1, -0.05) is 0 Å². The molecule has 186 valence electrons. The minimum Gasteiger partial charge on any atom is -0.474 e. The summed E-state index contributed by atoms with van der Waals surface area (Å²) in [5.41, 5.74) is 2.99. The van der Waals surface area contributed by atoms with Gasteiger partial charge >= 0.3 is 0 Å². The molecular weight excluding hydrogens is 452 g/mol. The molecule has 1 fully saturated rings. The normalized spacial score (nSPS) is 15.3. The number of hydrogen-bond donors (Lipinski definition) is 3. The second-order valence-electron chi connectivity index (χ2n) is 8.94. The number of aryl methyl sites for hydroxylation is 2. The summed E-state index contributed by atoms with van der Waals surface area (Å²) in [6.45, 7) is 7.85. The maximum atomic E-state index is 13.1. The number of amides is 2. The summed E-state index contributed by atoms with van der Waals surface area (Å²) in [4.78, 5) is 46.3. The predicted octanol–water partition coefficient (Wildman–Crippen LogP) is 1.02. The molecule has 0 saturated carbocycles. The number of carbonyl (C=O) groups is 2. The van der Waals surface area contributed by atoms with Crippen LogP contribution in [0.5, 0.6) is 5.88 Å². The summed E-state index contributed by atoms with van der Waals surface area (Å²) in [5.74, 6) is -0.304. The van der Waals surface area contributed by atoms with E-state index in [-0.39, 0.29) is 29.8 Å². The average Bonchev–Trinajstić information content (AvgIpc) is 3.28. The van der Waals surface area contributed by atoms with Gasteiger partial charge in [0.15, 0.2) is 5.65 Å². The summed E-state index contributed by atoms with van der Waals surface area (Å²) in [5, 5.41) is 16.6. The van der Waals surface area contributed by atoms with E-state index in [0.717, 1.165) is 11.3 Å². The number of ether oxygens (including phenoxy) is 1. The molecule has 4 rings (SSSR count). The molecule has 1 saturated heterocycles. The molecule has 2 amide bonds. The van der Waals surface area contributed by atoms with E-state index in [9.17, 15) is 19.5 Å². The van der Waals surface area contributed by atoms with E-state index < -0.39 is 12.0 Å². The van der Waals surface area contributed by atoms with Crippen molar-refractivity contribution in [1.29, 1.82) is 0 Å². The molecule has 1 aliphatic rings. The van der Waals surface area contributed by atoms with E-state index in [1.807, 2.05) is 13.0 Å². The number of likely N-dealkylation sites (tertiary alicyclic amines) is 1. The number of aromatic nitrogens is 4. The van der Waals surface area contributed by atoms with E-state index in [1.54, 1.807) is 35.5 Å².